The normalized spacial score (nSPS) is 15.9. The minimum absolute atomic E-state index is 0.352. The van der Waals surface area contributed by atoms with Gasteiger partial charge >= 0.3 is 0 Å². The molecule has 2 heterocycles. The summed E-state index contributed by atoms with van der Waals surface area (Å²) in [5, 5.41) is 7.55. The molecule has 1 aliphatic rings. The lowest BCUT2D eigenvalue weighted by Gasteiger charge is -2.26. The summed E-state index contributed by atoms with van der Waals surface area (Å²) in [5.74, 6) is 0.690. The Hall–Kier alpha value is -1.97. The van der Waals surface area contributed by atoms with Crippen LogP contribution >= 0.6 is 11.3 Å². The summed E-state index contributed by atoms with van der Waals surface area (Å²) in [6, 6.07) is 7.13. The summed E-state index contributed by atoms with van der Waals surface area (Å²) >= 11 is 1.70. The van der Waals surface area contributed by atoms with Gasteiger partial charge in [-0.15, -0.1) is 11.3 Å². The van der Waals surface area contributed by atoms with E-state index in [1.807, 2.05) is 19.2 Å². The van der Waals surface area contributed by atoms with Crippen LogP contribution in [0.15, 0.2) is 40.4 Å². The van der Waals surface area contributed by atoms with Crippen molar-refractivity contribution in [3.63, 3.8) is 0 Å². The number of piperidine rings is 1. The summed E-state index contributed by atoms with van der Waals surface area (Å²) in [4.78, 5) is 10.7. The van der Waals surface area contributed by atoms with Gasteiger partial charge in [0, 0.05) is 30.7 Å². The number of guanidine groups is 1. The van der Waals surface area contributed by atoms with Crippen molar-refractivity contribution in [3.8, 4) is 0 Å². The third-order valence-electron chi connectivity index (χ3n) is 4.97. The minimum atomic E-state index is -3.43. The number of aliphatic imine (C=N–C) groups is 1. The second-order valence-corrected chi connectivity index (χ2v) is 10.4. The maximum Gasteiger partial charge on any atom is 0.243 e. The number of hydrogen-bond donors (Lipinski definition) is 2. The molecule has 0 aliphatic carbocycles. The Morgan fingerprint density at radius 3 is 2.70 bits per heavy atom. The van der Waals surface area contributed by atoms with Crippen molar-refractivity contribution in [1.29, 1.82) is 0 Å². The fraction of sp³-hybridized carbons (Fsp3) is 0.524. The first-order valence-corrected chi connectivity index (χ1v) is 12.8. The molecule has 164 valence electrons. The van der Waals surface area contributed by atoms with Crippen molar-refractivity contribution in [2.45, 2.75) is 57.5 Å². The van der Waals surface area contributed by atoms with Crippen LogP contribution in [0.2, 0.25) is 0 Å². The van der Waals surface area contributed by atoms with Crippen LogP contribution < -0.4 is 10.6 Å². The van der Waals surface area contributed by atoms with Crippen molar-refractivity contribution in [2.24, 2.45) is 4.99 Å². The van der Waals surface area contributed by atoms with Crippen LogP contribution in [0.5, 0.6) is 0 Å². The Labute approximate surface area is 183 Å². The maximum atomic E-state index is 12.9. The lowest BCUT2D eigenvalue weighted by Crippen LogP contribution is -2.36. The molecule has 0 spiro atoms. The van der Waals surface area contributed by atoms with Gasteiger partial charge in [0.05, 0.1) is 18.0 Å². The smallest absolute Gasteiger partial charge is 0.243 e. The van der Waals surface area contributed by atoms with Gasteiger partial charge < -0.3 is 10.6 Å². The first-order valence-electron chi connectivity index (χ1n) is 10.6. The van der Waals surface area contributed by atoms with Gasteiger partial charge in [-0.2, -0.15) is 4.31 Å². The average Bonchev–Trinajstić information content (AvgIpc) is 3.24. The number of rotatable bonds is 8. The molecule has 2 aromatic rings. The summed E-state index contributed by atoms with van der Waals surface area (Å²) in [6.45, 7) is 7.10. The molecule has 1 fully saturated rings. The predicted octanol–water partition coefficient (Wildman–Crippen LogP) is 3.14. The zero-order valence-corrected chi connectivity index (χ0v) is 19.4. The van der Waals surface area contributed by atoms with Gasteiger partial charge in [0.1, 0.15) is 5.01 Å². The average molecular weight is 450 g/mol. The van der Waals surface area contributed by atoms with E-state index in [-0.39, 0.29) is 0 Å². The van der Waals surface area contributed by atoms with Crippen LogP contribution in [0.25, 0.3) is 0 Å². The van der Waals surface area contributed by atoms with Crippen molar-refractivity contribution in [1.82, 2.24) is 19.9 Å². The quantitative estimate of drug-likeness (QED) is 0.478. The van der Waals surface area contributed by atoms with Crippen LogP contribution in [-0.4, -0.2) is 43.3 Å². The monoisotopic (exact) mass is 449 g/mol. The lowest BCUT2D eigenvalue weighted by molar-refractivity contribution is 0.346. The van der Waals surface area contributed by atoms with E-state index in [1.165, 1.54) is 4.88 Å². The summed E-state index contributed by atoms with van der Waals surface area (Å²) in [6.07, 6.45) is 5.86. The highest BCUT2D eigenvalue weighted by Crippen LogP contribution is 2.21. The van der Waals surface area contributed by atoms with Gasteiger partial charge in [0.2, 0.25) is 10.0 Å². The fourth-order valence-electron chi connectivity index (χ4n) is 3.32. The number of nitrogens with zero attached hydrogens (tertiary/aromatic N) is 3. The number of thiazole rings is 1. The third-order valence-corrected chi connectivity index (χ3v) is 8.01. The molecule has 30 heavy (non-hydrogen) atoms. The Kier molecular flexibility index (Phi) is 8.24. The van der Waals surface area contributed by atoms with Crippen molar-refractivity contribution in [3.05, 3.63) is 45.9 Å². The van der Waals surface area contributed by atoms with Gasteiger partial charge in [-0.25, -0.2) is 18.4 Å². The summed E-state index contributed by atoms with van der Waals surface area (Å²) < 4.78 is 27.5. The second kappa shape index (κ2) is 10.9. The number of aryl methyl sites for hydroxylation is 1. The first kappa shape index (κ1) is 22.7. The van der Waals surface area contributed by atoms with E-state index in [0.29, 0.717) is 37.0 Å². The fourth-order valence-corrected chi connectivity index (χ4v) is 5.71. The van der Waals surface area contributed by atoms with Crippen LogP contribution in [0.4, 0.5) is 0 Å². The van der Waals surface area contributed by atoms with E-state index in [4.69, 9.17) is 0 Å². The highest BCUT2D eigenvalue weighted by Gasteiger charge is 2.25. The SMILES string of the molecule is CCNC(=NCc1cccc(S(=O)(=O)N2CCCCC2)c1)NCc1ncc(CC)s1. The lowest BCUT2D eigenvalue weighted by atomic mass is 10.2. The number of hydrogen-bond acceptors (Lipinski definition) is 5. The van der Waals surface area contributed by atoms with Gasteiger partial charge in [0.25, 0.3) is 0 Å². The molecule has 3 rings (SSSR count). The van der Waals surface area contributed by atoms with Crippen LogP contribution in [0, 0.1) is 0 Å². The van der Waals surface area contributed by atoms with Crippen LogP contribution in [-0.2, 0) is 29.5 Å². The van der Waals surface area contributed by atoms with E-state index < -0.39 is 10.0 Å². The molecule has 1 aliphatic heterocycles. The summed E-state index contributed by atoms with van der Waals surface area (Å²) in [7, 11) is -3.43. The highest BCUT2D eigenvalue weighted by atomic mass is 32.2. The maximum absolute atomic E-state index is 12.9. The Morgan fingerprint density at radius 2 is 2.00 bits per heavy atom. The predicted molar refractivity (Wildman–Crippen MR) is 122 cm³/mol. The van der Waals surface area contributed by atoms with Gasteiger partial charge in [-0.3, -0.25) is 0 Å². The standard InChI is InChI=1S/C21H31N5O2S2/c1-3-18-15-23-20(29-18)16-25-21(22-4-2)24-14-17-9-8-10-19(13-17)30(27,28)26-11-6-5-7-12-26/h8-10,13,15H,3-7,11-12,14,16H2,1-2H3,(H2,22,24,25). The molecule has 0 amide bonds. The van der Waals surface area contributed by atoms with Gasteiger partial charge in [0.15, 0.2) is 5.96 Å². The number of nitrogens with one attached hydrogen (secondary N) is 2. The van der Waals surface area contributed by atoms with E-state index in [2.05, 4.69) is 27.5 Å². The molecule has 1 aromatic heterocycles. The highest BCUT2D eigenvalue weighted by molar-refractivity contribution is 7.89. The Bertz CT molecular complexity index is 950. The molecule has 0 unspecified atom stereocenters. The third kappa shape index (κ3) is 6.02. The second-order valence-electron chi connectivity index (χ2n) is 7.23. The first-order chi connectivity index (χ1) is 14.5. The van der Waals surface area contributed by atoms with Crippen molar-refractivity contribution in [2.75, 3.05) is 19.6 Å². The van der Waals surface area contributed by atoms with Crippen molar-refractivity contribution >= 4 is 27.3 Å². The molecule has 1 aromatic carbocycles. The number of benzene rings is 1. The molecule has 0 atom stereocenters. The molecule has 0 bridgehead atoms. The Balaban J connectivity index is 1.67. The van der Waals surface area contributed by atoms with Gasteiger partial charge in [-0.05, 0) is 43.9 Å². The molecule has 2 N–H and O–H groups in total. The molecule has 9 heteroatoms. The van der Waals surface area contributed by atoms with E-state index in [1.54, 1.807) is 33.8 Å². The summed E-state index contributed by atoms with van der Waals surface area (Å²) in [5.41, 5.74) is 0.868. The van der Waals surface area contributed by atoms with Crippen LogP contribution in [0.3, 0.4) is 0 Å². The molecular formula is C21H31N5O2S2. The zero-order valence-electron chi connectivity index (χ0n) is 17.7. The van der Waals surface area contributed by atoms with Crippen LogP contribution in [0.1, 0.15) is 48.6 Å². The minimum Gasteiger partial charge on any atom is -0.357 e. The molecule has 0 radical (unpaired) electrons. The number of aromatic nitrogens is 1. The largest absolute Gasteiger partial charge is 0.357 e. The topological polar surface area (TPSA) is 86.7 Å². The molecule has 7 nitrogen and oxygen atoms in total. The van der Waals surface area contributed by atoms with Gasteiger partial charge in [-0.1, -0.05) is 25.5 Å². The van der Waals surface area contributed by atoms with E-state index in [9.17, 15) is 8.42 Å². The molecular weight excluding hydrogens is 418 g/mol. The van der Waals surface area contributed by atoms with E-state index >= 15 is 0 Å². The Morgan fingerprint density at radius 1 is 1.20 bits per heavy atom. The molecule has 0 saturated carbocycles. The molecule has 1 saturated heterocycles. The zero-order chi connectivity index (χ0) is 21.4. The number of sulfonamides is 1. The van der Waals surface area contributed by atoms with Crippen molar-refractivity contribution < 1.29 is 8.42 Å². The van der Waals surface area contributed by atoms with E-state index in [0.717, 1.165) is 42.8 Å².